The Kier molecular flexibility index (Phi) is 2.90. The number of fused-ring (bicyclic) bond motifs is 1. The Balaban J connectivity index is 2.15. The molecule has 0 saturated heterocycles. The lowest BCUT2D eigenvalue weighted by molar-refractivity contribution is 0.733. The van der Waals surface area contributed by atoms with Crippen molar-refractivity contribution in [2.75, 3.05) is 5.32 Å². The maximum absolute atomic E-state index is 6.01. The average Bonchev–Trinajstić information content (AvgIpc) is 2.47. The van der Waals surface area contributed by atoms with E-state index in [0.717, 1.165) is 20.9 Å². The average molecular weight is 248 g/mol. The second-order valence-corrected chi connectivity index (χ2v) is 5.52. The van der Waals surface area contributed by atoms with Crippen LogP contribution in [-0.4, -0.2) is 12.0 Å². The van der Waals surface area contributed by atoms with Crippen molar-refractivity contribution < 1.29 is 0 Å². The van der Waals surface area contributed by atoms with Gasteiger partial charge in [-0.1, -0.05) is 11.6 Å². The minimum Gasteiger partial charge on any atom is -0.353 e. The van der Waals surface area contributed by atoms with Gasteiger partial charge in [0.2, 0.25) is 5.96 Å². The van der Waals surface area contributed by atoms with Gasteiger partial charge in [0.15, 0.2) is 0 Å². The van der Waals surface area contributed by atoms with Crippen LogP contribution in [0.4, 0.5) is 5.69 Å². The van der Waals surface area contributed by atoms with Gasteiger partial charge >= 0.3 is 0 Å². The standard InChI is InChI=1S/C8H10ClN3S2/c1-4(2)10-8-11-6-5(9)3-13-7(6)14-12-8/h3-4H,1-2H3,(H2,10,11,12). The highest BCUT2D eigenvalue weighted by Crippen LogP contribution is 2.42. The summed E-state index contributed by atoms with van der Waals surface area (Å²) < 4.78 is 5.40. The first-order valence-corrected chi connectivity index (χ1v) is 6.25. The molecule has 1 aliphatic rings. The Labute approximate surface area is 96.1 Å². The van der Waals surface area contributed by atoms with Crippen LogP contribution in [0.15, 0.2) is 14.0 Å². The van der Waals surface area contributed by atoms with Crippen molar-refractivity contribution >= 4 is 46.5 Å². The number of nitrogens with zero attached hydrogens (tertiary/aromatic N) is 1. The van der Waals surface area contributed by atoms with E-state index in [2.05, 4.69) is 28.9 Å². The number of halogens is 1. The van der Waals surface area contributed by atoms with Gasteiger partial charge in [0.25, 0.3) is 0 Å². The molecule has 0 radical (unpaired) electrons. The minimum absolute atomic E-state index is 0.362. The third kappa shape index (κ3) is 1.99. The summed E-state index contributed by atoms with van der Waals surface area (Å²) >= 11 is 9.07. The monoisotopic (exact) mass is 247 g/mol. The highest BCUT2D eigenvalue weighted by atomic mass is 35.5. The molecule has 1 aromatic heterocycles. The van der Waals surface area contributed by atoms with Crippen molar-refractivity contribution in [3.63, 3.8) is 0 Å². The van der Waals surface area contributed by atoms with Crippen LogP contribution in [0.3, 0.4) is 0 Å². The van der Waals surface area contributed by atoms with Crippen molar-refractivity contribution in [1.82, 2.24) is 5.32 Å². The first-order valence-electron chi connectivity index (χ1n) is 4.22. The zero-order valence-electron chi connectivity index (χ0n) is 7.80. The molecule has 1 aromatic rings. The van der Waals surface area contributed by atoms with Gasteiger partial charge in [0.05, 0.1) is 10.7 Å². The summed E-state index contributed by atoms with van der Waals surface area (Å²) in [5, 5.41) is 9.05. The molecule has 76 valence electrons. The second kappa shape index (κ2) is 4.00. The highest BCUT2D eigenvalue weighted by molar-refractivity contribution is 8.00. The van der Waals surface area contributed by atoms with Gasteiger partial charge in [-0.25, -0.2) is 0 Å². The quantitative estimate of drug-likeness (QED) is 0.749. The van der Waals surface area contributed by atoms with Crippen molar-refractivity contribution in [3.8, 4) is 0 Å². The molecule has 0 bridgehead atoms. The molecule has 0 aromatic carbocycles. The molecule has 0 atom stereocenters. The smallest absolute Gasteiger partial charge is 0.208 e. The summed E-state index contributed by atoms with van der Waals surface area (Å²) in [5.41, 5.74) is 0.972. The topological polar surface area (TPSA) is 36.4 Å². The number of rotatable bonds is 1. The maximum atomic E-state index is 6.01. The molecule has 2 rings (SSSR count). The zero-order chi connectivity index (χ0) is 10.1. The summed E-state index contributed by atoms with van der Waals surface area (Å²) in [4.78, 5) is 0. The predicted octanol–water partition coefficient (Wildman–Crippen LogP) is 3.19. The Morgan fingerprint density at radius 3 is 3.07 bits per heavy atom. The van der Waals surface area contributed by atoms with E-state index in [1.165, 1.54) is 11.9 Å². The molecular formula is C8H10ClN3S2. The fourth-order valence-corrected chi connectivity index (χ4v) is 3.01. The molecule has 0 unspecified atom stereocenters. The van der Waals surface area contributed by atoms with Gasteiger partial charge in [0.1, 0.15) is 4.21 Å². The maximum Gasteiger partial charge on any atom is 0.208 e. The van der Waals surface area contributed by atoms with E-state index < -0.39 is 0 Å². The fourth-order valence-electron chi connectivity index (χ4n) is 1.06. The molecule has 0 spiro atoms. The predicted molar refractivity (Wildman–Crippen MR) is 64.5 cm³/mol. The number of nitrogens with one attached hydrogen (secondary N) is 2. The molecule has 3 nitrogen and oxygen atoms in total. The van der Waals surface area contributed by atoms with E-state index >= 15 is 0 Å². The summed E-state index contributed by atoms with van der Waals surface area (Å²) in [6.07, 6.45) is 0. The van der Waals surface area contributed by atoms with Crippen LogP contribution in [0.5, 0.6) is 0 Å². The lowest BCUT2D eigenvalue weighted by Crippen LogP contribution is -2.36. The molecule has 1 aliphatic heterocycles. The first-order chi connectivity index (χ1) is 6.66. The van der Waals surface area contributed by atoms with E-state index in [1.54, 1.807) is 11.3 Å². The summed E-state index contributed by atoms with van der Waals surface area (Å²) in [6, 6.07) is 0.362. The van der Waals surface area contributed by atoms with Crippen LogP contribution in [0.1, 0.15) is 13.8 Å². The van der Waals surface area contributed by atoms with Crippen LogP contribution in [0, 0.1) is 0 Å². The molecule has 0 saturated carbocycles. The van der Waals surface area contributed by atoms with Gasteiger partial charge in [-0.05, 0) is 13.8 Å². The van der Waals surface area contributed by atoms with Gasteiger partial charge < -0.3 is 10.6 Å². The molecule has 2 N–H and O–H groups in total. The molecule has 14 heavy (non-hydrogen) atoms. The lowest BCUT2D eigenvalue weighted by atomic mass is 10.4. The molecule has 0 fully saturated rings. The number of anilines is 1. The van der Waals surface area contributed by atoms with Gasteiger partial charge in [-0.3, -0.25) is 0 Å². The van der Waals surface area contributed by atoms with Gasteiger partial charge in [-0.15, -0.1) is 11.3 Å². The number of hydrogen-bond acceptors (Lipinski definition) is 5. The summed E-state index contributed by atoms with van der Waals surface area (Å²) in [5.74, 6) is 0.776. The Bertz CT molecular complexity index is 373. The third-order valence-electron chi connectivity index (χ3n) is 1.60. The largest absolute Gasteiger partial charge is 0.353 e. The zero-order valence-corrected chi connectivity index (χ0v) is 10.2. The molecule has 6 heteroatoms. The molecule has 0 amide bonds. The fraction of sp³-hybridized carbons (Fsp3) is 0.375. The molecular weight excluding hydrogens is 238 g/mol. The van der Waals surface area contributed by atoms with E-state index in [9.17, 15) is 0 Å². The third-order valence-corrected chi connectivity index (χ3v) is 3.96. The van der Waals surface area contributed by atoms with Crippen LogP contribution < -0.4 is 10.6 Å². The van der Waals surface area contributed by atoms with Gasteiger partial charge in [-0.2, -0.15) is 4.40 Å². The van der Waals surface area contributed by atoms with Crippen molar-refractivity contribution in [3.05, 3.63) is 10.4 Å². The molecule has 0 aliphatic carbocycles. The van der Waals surface area contributed by atoms with E-state index in [4.69, 9.17) is 11.6 Å². The minimum atomic E-state index is 0.362. The van der Waals surface area contributed by atoms with Crippen LogP contribution in [-0.2, 0) is 0 Å². The summed E-state index contributed by atoms with van der Waals surface area (Å²) in [7, 11) is 0. The van der Waals surface area contributed by atoms with E-state index in [1.807, 2.05) is 5.38 Å². The van der Waals surface area contributed by atoms with Crippen molar-refractivity contribution in [2.45, 2.75) is 24.1 Å². The van der Waals surface area contributed by atoms with E-state index in [-0.39, 0.29) is 0 Å². The lowest BCUT2D eigenvalue weighted by Gasteiger charge is -2.17. The Morgan fingerprint density at radius 1 is 1.57 bits per heavy atom. The number of hydrogen-bond donors (Lipinski definition) is 2. The van der Waals surface area contributed by atoms with Crippen molar-refractivity contribution in [1.29, 1.82) is 0 Å². The summed E-state index contributed by atoms with van der Waals surface area (Å²) in [6.45, 7) is 4.14. The van der Waals surface area contributed by atoms with E-state index in [0.29, 0.717) is 6.04 Å². The highest BCUT2D eigenvalue weighted by Gasteiger charge is 2.17. The Hall–Kier alpha value is -0.390. The number of guanidine groups is 1. The van der Waals surface area contributed by atoms with Crippen molar-refractivity contribution in [2.24, 2.45) is 4.40 Å². The van der Waals surface area contributed by atoms with Crippen LogP contribution in [0.25, 0.3) is 0 Å². The van der Waals surface area contributed by atoms with Crippen LogP contribution in [0.2, 0.25) is 5.02 Å². The SMILES string of the molecule is CC(C)NC1=NSc2scc(Cl)c2N1. The number of thiophene rings is 1. The second-order valence-electron chi connectivity index (χ2n) is 3.20. The first kappa shape index (κ1) is 10.1. The van der Waals surface area contributed by atoms with Gasteiger partial charge in [0, 0.05) is 23.4 Å². The normalized spacial score (nSPS) is 14.7. The van der Waals surface area contributed by atoms with Crippen LogP contribution >= 0.6 is 34.9 Å². The Morgan fingerprint density at radius 2 is 2.36 bits per heavy atom. The molecule has 2 heterocycles.